The highest BCUT2D eigenvalue weighted by atomic mass is 32.1. The molecule has 1 rings (SSSR count). The molecule has 0 aliphatic heterocycles. The van der Waals surface area contributed by atoms with Crippen molar-refractivity contribution >= 4 is 22.4 Å². The lowest BCUT2D eigenvalue weighted by molar-refractivity contribution is -0.119. The zero-order chi connectivity index (χ0) is 13.8. The SMILES string of the molecule is CCOc1c(N)nsc1N(CCO)CC(F)(F)F. The Kier molecular flexibility index (Phi) is 5.03. The molecule has 0 amide bonds. The summed E-state index contributed by atoms with van der Waals surface area (Å²) in [6.45, 7) is 0.214. The first kappa shape index (κ1) is 14.8. The van der Waals surface area contributed by atoms with E-state index in [9.17, 15) is 13.2 Å². The number of ether oxygens (including phenoxy) is 1. The summed E-state index contributed by atoms with van der Waals surface area (Å²) >= 11 is 0.820. The van der Waals surface area contributed by atoms with E-state index in [0.29, 0.717) is 0 Å². The highest BCUT2D eigenvalue weighted by molar-refractivity contribution is 7.11. The molecule has 0 atom stereocenters. The lowest BCUT2D eigenvalue weighted by Gasteiger charge is -2.23. The first-order valence-corrected chi connectivity index (χ1v) is 5.97. The third-order valence-electron chi connectivity index (χ3n) is 1.97. The highest BCUT2D eigenvalue weighted by Crippen LogP contribution is 2.39. The molecule has 5 nitrogen and oxygen atoms in total. The third kappa shape index (κ3) is 3.91. The lowest BCUT2D eigenvalue weighted by atomic mass is 10.4. The van der Waals surface area contributed by atoms with Crippen molar-refractivity contribution in [3.8, 4) is 5.75 Å². The van der Waals surface area contributed by atoms with Gasteiger partial charge in [-0.1, -0.05) is 0 Å². The van der Waals surface area contributed by atoms with Gasteiger partial charge in [0.05, 0.1) is 13.2 Å². The normalized spacial score (nSPS) is 11.6. The van der Waals surface area contributed by atoms with Gasteiger partial charge in [0.2, 0.25) is 0 Å². The molecule has 3 N–H and O–H groups in total. The number of nitrogens with zero attached hydrogens (tertiary/aromatic N) is 2. The number of aliphatic hydroxyl groups is 1. The predicted octanol–water partition coefficient (Wildman–Crippen LogP) is 1.48. The van der Waals surface area contributed by atoms with Gasteiger partial charge < -0.3 is 20.5 Å². The van der Waals surface area contributed by atoms with Crippen molar-refractivity contribution in [3.63, 3.8) is 0 Å². The van der Waals surface area contributed by atoms with Crippen LogP contribution >= 0.6 is 11.5 Å². The van der Waals surface area contributed by atoms with E-state index in [2.05, 4.69) is 4.37 Å². The summed E-state index contributed by atoms with van der Waals surface area (Å²) in [6, 6.07) is 0. The molecule has 104 valence electrons. The van der Waals surface area contributed by atoms with Crippen molar-refractivity contribution in [2.75, 3.05) is 36.9 Å². The van der Waals surface area contributed by atoms with Crippen LogP contribution < -0.4 is 15.4 Å². The summed E-state index contributed by atoms with van der Waals surface area (Å²) in [5.41, 5.74) is 5.53. The number of hydrogen-bond acceptors (Lipinski definition) is 6. The maximum absolute atomic E-state index is 12.4. The van der Waals surface area contributed by atoms with Crippen LogP contribution in [0, 0.1) is 0 Å². The van der Waals surface area contributed by atoms with E-state index in [-0.39, 0.29) is 29.7 Å². The molecule has 1 aromatic heterocycles. The van der Waals surface area contributed by atoms with Gasteiger partial charge in [-0.2, -0.15) is 17.5 Å². The second kappa shape index (κ2) is 6.10. The van der Waals surface area contributed by atoms with Crippen LogP contribution in [-0.2, 0) is 0 Å². The Morgan fingerprint density at radius 2 is 2.17 bits per heavy atom. The number of nitrogens with two attached hydrogens (primary N) is 1. The molecule has 0 radical (unpaired) electrons. The van der Waals surface area contributed by atoms with Gasteiger partial charge in [-0.05, 0) is 18.5 Å². The van der Waals surface area contributed by atoms with Gasteiger partial charge in [-0.3, -0.25) is 0 Å². The maximum Gasteiger partial charge on any atom is 0.405 e. The average molecular weight is 285 g/mol. The second-order valence-corrected chi connectivity index (χ2v) is 4.15. The number of alkyl halides is 3. The van der Waals surface area contributed by atoms with Gasteiger partial charge in [0, 0.05) is 6.54 Å². The molecule has 0 saturated carbocycles. The molecular weight excluding hydrogens is 271 g/mol. The summed E-state index contributed by atoms with van der Waals surface area (Å²) in [7, 11) is 0. The minimum Gasteiger partial charge on any atom is -0.487 e. The topological polar surface area (TPSA) is 71.6 Å². The number of halogens is 3. The molecule has 1 aromatic rings. The molecule has 0 fully saturated rings. The van der Waals surface area contributed by atoms with E-state index in [0.717, 1.165) is 16.4 Å². The number of nitrogen functional groups attached to an aromatic ring is 1. The Bertz CT molecular complexity index is 384. The fraction of sp³-hybridized carbons (Fsp3) is 0.667. The average Bonchev–Trinajstić information content (AvgIpc) is 2.59. The Morgan fingerprint density at radius 1 is 1.50 bits per heavy atom. The van der Waals surface area contributed by atoms with Crippen LogP contribution in [0.5, 0.6) is 5.75 Å². The summed E-state index contributed by atoms with van der Waals surface area (Å²) in [5, 5.41) is 9.01. The van der Waals surface area contributed by atoms with Gasteiger partial charge >= 0.3 is 6.18 Å². The fourth-order valence-corrected chi connectivity index (χ4v) is 2.14. The summed E-state index contributed by atoms with van der Waals surface area (Å²) < 4.78 is 46.2. The molecule has 0 spiro atoms. The van der Waals surface area contributed by atoms with Gasteiger partial charge in [0.25, 0.3) is 0 Å². The molecule has 0 unspecified atom stereocenters. The van der Waals surface area contributed by atoms with Crippen LogP contribution in [0.15, 0.2) is 0 Å². The van der Waals surface area contributed by atoms with Crippen molar-refractivity contribution in [2.45, 2.75) is 13.1 Å². The fourth-order valence-electron chi connectivity index (χ4n) is 1.36. The van der Waals surface area contributed by atoms with Crippen LogP contribution in [-0.4, -0.2) is 42.0 Å². The zero-order valence-electron chi connectivity index (χ0n) is 9.70. The third-order valence-corrected chi connectivity index (χ3v) is 2.88. The Hall–Kier alpha value is -1.22. The van der Waals surface area contributed by atoms with Gasteiger partial charge in [-0.25, -0.2) is 0 Å². The van der Waals surface area contributed by atoms with Gasteiger partial charge in [0.15, 0.2) is 16.6 Å². The largest absolute Gasteiger partial charge is 0.487 e. The quantitative estimate of drug-likeness (QED) is 0.828. The second-order valence-electron chi connectivity index (χ2n) is 3.40. The number of rotatable bonds is 6. The number of anilines is 2. The Balaban J connectivity index is 2.97. The standard InChI is InChI=1S/C9H14F3N3O2S/c1-2-17-6-7(13)14-18-8(6)15(3-4-16)5-9(10,11)12/h16H,2-5H2,1H3,(H2,13,14). The van der Waals surface area contributed by atoms with Gasteiger partial charge in [-0.15, -0.1) is 0 Å². The van der Waals surface area contributed by atoms with Crippen molar-refractivity contribution in [1.29, 1.82) is 0 Å². The highest BCUT2D eigenvalue weighted by Gasteiger charge is 2.33. The van der Waals surface area contributed by atoms with E-state index in [1.54, 1.807) is 6.92 Å². The van der Waals surface area contributed by atoms with Crippen molar-refractivity contribution < 1.29 is 23.0 Å². The summed E-state index contributed by atoms with van der Waals surface area (Å²) in [6.07, 6.45) is -4.38. The smallest absolute Gasteiger partial charge is 0.405 e. The summed E-state index contributed by atoms with van der Waals surface area (Å²) in [5.74, 6) is 0.196. The first-order valence-electron chi connectivity index (χ1n) is 5.19. The van der Waals surface area contributed by atoms with E-state index >= 15 is 0 Å². The molecule has 9 heteroatoms. The monoisotopic (exact) mass is 285 g/mol. The molecule has 1 heterocycles. The number of hydrogen-bond donors (Lipinski definition) is 2. The maximum atomic E-state index is 12.4. The van der Waals surface area contributed by atoms with Crippen molar-refractivity contribution in [3.05, 3.63) is 0 Å². The van der Waals surface area contributed by atoms with Crippen LogP contribution in [0.3, 0.4) is 0 Å². The minimum atomic E-state index is -4.38. The van der Waals surface area contributed by atoms with Crippen LogP contribution in [0.2, 0.25) is 0 Å². The van der Waals surface area contributed by atoms with Crippen molar-refractivity contribution in [1.82, 2.24) is 4.37 Å². The molecule has 0 bridgehead atoms. The first-order chi connectivity index (χ1) is 8.39. The van der Waals surface area contributed by atoms with Crippen molar-refractivity contribution in [2.24, 2.45) is 0 Å². The van der Waals surface area contributed by atoms with Gasteiger partial charge in [0.1, 0.15) is 6.54 Å². The van der Waals surface area contributed by atoms with Crippen LogP contribution in [0.25, 0.3) is 0 Å². The minimum absolute atomic E-state index is 0.0574. The molecule has 0 aliphatic rings. The Morgan fingerprint density at radius 3 is 2.67 bits per heavy atom. The molecule has 0 aliphatic carbocycles. The van der Waals surface area contributed by atoms with E-state index in [1.165, 1.54) is 0 Å². The Labute approximate surface area is 106 Å². The zero-order valence-corrected chi connectivity index (χ0v) is 10.5. The molecular formula is C9H14F3N3O2S. The van der Waals surface area contributed by atoms with E-state index in [4.69, 9.17) is 15.6 Å². The van der Waals surface area contributed by atoms with Crippen LogP contribution in [0.1, 0.15) is 6.92 Å². The van der Waals surface area contributed by atoms with Crippen LogP contribution in [0.4, 0.5) is 24.0 Å². The lowest BCUT2D eigenvalue weighted by Crippen LogP contribution is -2.36. The van der Waals surface area contributed by atoms with E-state index < -0.39 is 19.3 Å². The molecule has 0 saturated heterocycles. The predicted molar refractivity (Wildman–Crippen MR) is 63.0 cm³/mol. The molecule has 18 heavy (non-hydrogen) atoms. The molecule has 0 aromatic carbocycles. The summed E-state index contributed by atoms with van der Waals surface area (Å²) in [4.78, 5) is 0.957. The number of aliphatic hydroxyl groups excluding tert-OH is 1. The number of aromatic nitrogens is 1. The van der Waals surface area contributed by atoms with E-state index in [1.807, 2.05) is 0 Å².